The van der Waals surface area contributed by atoms with Gasteiger partial charge in [0, 0.05) is 12.2 Å². The highest BCUT2D eigenvalue weighted by atomic mass is 35.5. The van der Waals surface area contributed by atoms with Gasteiger partial charge < -0.3 is 14.8 Å². The van der Waals surface area contributed by atoms with Crippen LogP contribution < -0.4 is 14.8 Å². The Morgan fingerprint density at radius 2 is 1.69 bits per heavy atom. The highest BCUT2D eigenvalue weighted by Crippen LogP contribution is 2.38. The molecule has 164 valence electrons. The van der Waals surface area contributed by atoms with E-state index in [-0.39, 0.29) is 0 Å². The summed E-state index contributed by atoms with van der Waals surface area (Å²) in [5.41, 5.74) is 5.71. The Morgan fingerprint density at radius 3 is 2.53 bits per heavy atom. The van der Waals surface area contributed by atoms with Gasteiger partial charge in [0.25, 0.3) is 0 Å². The lowest BCUT2D eigenvalue weighted by Crippen LogP contribution is -2.05. The van der Waals surface area contributed by atoms with Gasteiger partial charge in [-0.25, -0.2) is 0 Å². The second-order valence-electron chi connectivity index (χ2n) is 7.94. The average Bonchev–Trinajstić information content (AvgIpc) is 2.79. The number of aryl methyl sites for hydroxylation is 2. The number of nitrogens with one attached hydrogen (secondary N) is 1. The molecule has 0 heterocycles. The van der Waals surface area contributed by atoms with E-state index in [2.05, 4.69) is 61.6 Å². The highest BCUT2D eigenvalue weighted by Gasteiger charge is 2.14. The first kappa shape index (κ1) is 22.0. The van der Waals surface area contributed by atoms with Gasteiger partial charge in [-0.3, -0.25) is 0 Å². The normalized spacial score (nSPS) is 10.9. The first-order chi connectivity index (χ1) is 15.5. The van der Waals surface area contributed by atoms with E-state index in [0.29, 0.717) is 36.3 Å². The lowest BCUT2D eigenvalue weighted by Gasteiger charge is -2.17. The van der Waals surface area contributed by atoms with Crippen LogP contribution >= 0.6 is 11.6 Å². The Bertz CT molecular complexity index is 1230. The van der Waals surface area contributed by atoms with Crippen LogP contribution in [0.1, 0.15) is 29.2 Å². The summed E-state index contributed by atoms with van der Waals surface area (Å²) in [4.78, 5) is 0. The Kier molecular flexibility index (Phi) is 6.87. The number of halogens is 1. The van der Waals surface area contributed by atoms with Gasteiger partial charge >= 0.3 is 0 Å². The molecule has 32 heavy (non-hydrogen) atoms. The summed E-state index contributed by atoms with van der Waals surface area (Å²) in [6.45, 7) is 7.76. The molecule has 0 saturated heterocycles. The number of rotatable bonds is 8. The van der Waals surface area contributed by atoms with Crippen molar-refractivity contribution in [1.82, 2.24) is 0 Å². The molecule has 3 nitrogen and oxygen atoms in total. The molecule has 0 unspecified atom stereocenters. The van der Waals surface area contributed by atoms with Gasteiger partial charge in [0.15, 0.2) is 11.5 Å². The number of hydrogen-bond donors (Lipinski definition) is 1. The zero-order valence-electron chi connectivity index (χ0n) is 18.7. The van der Waals surface area contributed by atoms with Gasteiger partial charge in [0.05, 0.1) is 11.6 Å². The fraction of sp³-hybridized carbons (Fsp3) is 0.214. The summed E-state index contributed by atoms with van der Waals surface area (Å²) in [6, 6.07) is 24.9. The molecular weight excluding hydrogens is 418 g/mol. The number of ether oxygens (including phenoxy) is 2. The molecule has 0 bridgehead atoms. The van der Waals surface area contributed by atoms with Crippen molar-refractivity contribution in [2.45, 2.75) is 33.9 Å². The van der Waals surface area contributed by atoms with Crippen molar-refractivity contribution >= 4 is 28.1 Å². The first-order valence-corrected chi connectivity index (χ1v) is 11.3. The molecule has 0 aromatic heterocycles. The Morgan fingerprint density at radius 1 is 0.875 bits per heavy atom. The third-order valence-corrected chi connectivity index (χ3v) is 5.78. The third-order valence-electron chi connectivity index (χ3n) is 5.50. The monoisotopic (exact) mass is 445 g/mol. The topological polar surface area (TPSA) is 30.5 Å². The summed E-state index contributed by atoms with van der Waals surface area (Å²) >= 11 is 6.66. The summed E-state index contributed by atoms with van der Waals surface area (Å²) in [7, 11) is 0. The molecule has 4 rings (SSSR count). The minimum Gasteiger partial charge on any atom is -0.490 e. The second kappa shape index (κ2) is 9.97. The van der Waals surface area contributed by atoms with Gasteiger partial charge in [-0.05, 0) is 72.0 Å². The van der Waals surface area contributed by atoms with Gasteiger partial charge in [0.2, 0.25) is 0 Å². The molecule has 0 atom stereocenters. The van der Waals surface area contributed by atoms with Crippen molar-refractivity contribution in [3.05, 3.63) is 100 Å². The van der Waals surface area contributed by atoms with Crippen LogP contribution in [0.3, 0.4) is 0 Å². The molecule has 0 spiro atoms. The van der Waals surface area contributed by atoms with Gasteiger partial charge in [-0.1, -0.05) is 66.2 Å². The van der Waals surface area contributed by atoms with Crippen LogP contribution in [0.2, 0.25) is 5.02 Å². The fourth-order valence-corrected chi connectivity index (χ4v) is 4.11. The predicted molar refractivity (Wildman–Crippen MR) is 134 cm³/mol. The predicted octanol–water partition coefficient (Wildman–Crippen LogP) is 7.70. The van der Waals surface area contributed by atoms with Gasteiger partial charge in [0.1, 0.15) is 6.61 Å². The maximum absolute atomic E-state index is 6.66. The van der Waals surface area contributed by atoms with Crippen molar-refractivity contribution < 1.29 is 9.47 Å². The fourth-order valence-electron chi connectivity index (χ4n) is 3.82. The lowest BCUT2D eigenvalue weighted by atomic mass is 10.1. The SMILES string of the molecule is CCOc1cc(CNc2cc(C)ccc2C)cc(Cl)c1OCc1cccc2ccccc12. The molecule has 1 N–H and O–H groups in total. The van der Waals surface area contributed by atoms with E-state index in [9.17, 15) is 0 Å². The molecule has 4 aromatic rings. The Labute approximate surface area is 194 Å². The first-order valence-electron chi connectivity index (χ1n) is 10.9. The molecule has 0 saturated carbocycles. The molecular formula is C28H28ClNO2. The van der Waals surface area contributed by atoms with Crippen LogP contribution in [0.5, 0.6) is 11.5 Å². The standard InChI is InChI=1S/C28H28ClNO2/c1-4-31-27-16-21(17-30-26-14-19(2)12-13-20(26)3)15-25(29)28(27)32-18-23-10-7-9-22-8-5-6-11-24(22)23/h5-16,30H,4,17-18H2,1-3H3. The van der Waals surface area contributed by atoms with Crippen LogP contribution in [0, 0.1) is 13.8 Å². The average molecular weight is 446 g/mol. The Hall–Kier alpha value is -3.17. The number of hydrogen-bond acceptors (Lipinski definition) is 3. The zero-order chi connectivity index (χ0) is 22.5. The second-order valence-corrected chi connectivity index (χ2v) is 8.34. The van der Waals surface area contributed by atoms with Crippen LogP contribution in [0.4, 0.5) is 5.69 Å². The maximum atomic E-state index is 6.66. The van der Waals surface area contributed by atoms with Crippen LogP contribution in [-0.2, 0) is 13.2 Å². The summed E-state index contributed by atoms with van der Waals surface area (Å²) < 4.78 is 12.1. The van der Waals surface area contributed by atoms with Crippen molar-refractivity contribution in [3.8, 4) is 11.5 Å². The highest BCUT2D eigenvalue weighted by molar-refractivity contribution is 6.32. The number of anilines is 1. The maximum Gasteiger partial charge on any atom is 0.180 e. The largest absolute Gasteiger partial charge is 0.490 e. The van der Waals surface area contributed by atoms with Crippen LogP contribution in [0.15, 0.2) is 72.8 Å². The summed E-state index contributed by atoms with van der Waals surface area (Å²) in [6.07, 6.45) is 0. The van der Waals surface area contributed by atoms with E-state index < -0.39 is 0 Å². The van der Waals surface area contributed by atoms with Crippen molar-refractivity contribution in [2.75, 3.05) is 11.9 Å². The van der Waals surface area contributed by atoms with E-state index in [1.54, 1.807) is 0 Å². The van der Waals surface area contributed by atoms with E-state index in [1.807, 2.05) is 37.3 Å². The van der Waals surface area contributed by atoms with Crippen molar-refractivity contribution in [2.24, 2.45) is 0 Å². The molecule has 0 fully saturated rings. The molecule has 4 aromatic carbocycles. The van der Waals surface area contributed by atoms with E-state index in [1.165, 1.54) is 21.9 Å². The molecule has 0 radical (unpaired) electrons. The van der Waals surface area contributed by atoms with E-state index >= 15 is 0 Å². The van der Waals surface area contributed by atoms with Gasteiger partial charge in [-0.2, -0.15) is 0 Å². The molecule has 0 amide bonds. The Balaban J connectivity index is 1.55. The van der Waals surface area contributed by atoms with Crippen LogP contribution in [-0.4, -0.2) is 6.61 Å². The van der Waals surface area contributed by atoms with Crippen molar-refractivity contribution in [1.29, 1.82) is 0 Å². The number of fused-ring (bicyclic) bond motifs is 1. The molecule has 0 aliphatic heterocycles. The van der Waals surface area contributed by atoms with Gasteiger partial charge in [-0.15, -0.1) is 0 Å². The molecule has 0 aliphatic rings. The molecule has 4 heteroatoms. The smallest absolute Gasteiger partial charge is 0.180 e. The third kappa shape index (κ3) is 5.00. The zero-order valence-corrected chi connectivity index (χ0v) is 19.5. The summed E-state index contributed by atoms with van der Waals surface area (Å²) in [5.74, 6) is 1.25. The summed E-state index contributed by atoms with van der Waals surface area (Å²) in [5, 5.41) is 6.43. The molecule has 0 aliphatic carbocycles. The lowest BCUT2D eigenvalue weighted by molar-refractivity contribution is 0.270. The minimum absolute atomic E-state index is 0.418. The minimum atomic E-state index is 0.418. The number of benzene rings is 4. The van der Waals surface area contributed by atoms with Crippen LogP contribution in [0.25, 0.3) is 10.8 Å². The van der Waals surface area contributed by atoms with E-state index in [0.717, 1.165) is 16.8 Å². The van der Waals surface area contributed by atoms with Crippen molar-refractivity contribution in [3.63, 3.8) is 0 Å². The van der Waals surface area contributed by atoms with E-state index in [4.69, 9.17) is 21.1 Å². The quantitative estimate of drug-likeness (QED) is 0.301.